The minimum atomic E-state index is -4.07. The van der Waals surface area contributed by atoms with Crippen LogP contribution in [0.4, 0.5) is 13.2 Å². The normalized spacial score (nSPS) is 11.6. The molecule has 0 saturated carbocycles. The van der Waals surface area contributed by atoms with Crippen LogP contribution in [0.1, 0.15) is 56.1 Å². The Kier molecular flexibility index (Phi) is 8.19. The number of ether oxygens (including phenoxy) is 2. The summed E-state index contributed by atoms with van der Waals surface area (Å²) < 4.78 is 46.3. The number of halogens is 3. The zero-order valence-electron chi connectivity index (χ0n) is 15.0. The van der Waals surface area contributed by atoms with Crippen LogP contribution < -0.4 is 9.47 Å². The van der Waals surface area contributed by atoms with Crippen LogP contribution in [0, 0.1) is 6.92 Å². The third-order valence-corrected chi connectivity index (χ3v) is 4.28. The number of methoxy groups -OCH3 is 2. The van der Waals surface area contributed by atoms with Gasteiger partial charge in [0.05, 0.1) is 14.2 Å². The smallest absolute Gasteiger partial charge is 0.389 e. The fraction of sp³-hybridized carbons (Fsp3) is 0.667. The first-order valence-electron chi connectivity index (χ1n) is 8.45. The van der Waals surface area contributed by atoms with Crippen molar-refractivity contribution in [3.05, 3.63) is 11.1 Å². The molecule has 0 aliphatic heterocycles. The molecule has 1 aromatic carbocycles. The molecule has 0 heterocycles. The van der Waals surface area contributed by atoms with Crippen molar-refractivity contribution in [2.24, 2.45) is 0 Å². The standard InChI is InChI=1S/C18H27F3O4/c1-12-13(15(23)17(25-3)16(24-2)14(12)22)10-8-6-4-5-7-9-11-18(19,20)21/h22-23H,4-11H2,1-3H3. The summed E-state index contributed by atoms with van der Waals surface area (Å²) >= 11 is 0. The fourth-order valence-corrected chi connectivity index (χ4v) is 2.86. The van der Waals surface area contributed by atoms with Crippen molar-refractivity contribution in [1.29, 1.82) is 0 Å². The number of benzene rings is 1. The third kappa shape index (κ3) is 6.21. The minimum Gasteiger partial charge on any atom is -0.504 e. The van der Waals surface area contributed by atoms with Crippen molar-refractivity contribution in [2.45, 2.75) is 64.5 Å². The van der Waals surface area contributed by atoms with E-state index in [1.54, 1.807) is 6.92 Å². The van der Waals surface area contributed by atoms with E-state index in [4.69, 9.17) is 9.47 Å². The van der Waals surface area contributed by atoms with Gasteiger partial charge in [-0.2, -0.15) is 13.2 Å². The fourth-order valence-electron chi connectivity index (χ4n) is 2.86. The van der Waals surface area contributed by atoms with Gasteiger partial charge in [0.15, 0.2) is 11.5 Å². The van der Waals surface area contributed by atoms with E-state index in [-0.39, 0.29) is 29.4 Å². The highest BCUT2D eigenvalue weighted by Crippen LogP contribution is 2.48. The molecular weight excluding hydrogens is 337 g/mol. The molecule has 0 aliphatic carbocycles. The summed E-state index contributed by atoms with van der Waals surface area (Å²) in [4.78, 5) is 0. The Morgan fingerprint density at radius 3 is 1.80 bits per heavy atom. The first-order chi connectivity index (χ1) is 11.7. The molecule has 0 radical (unpaired) electrons. The SMILES string of the molecule is COc1c(O)c(C)c(CCCCCCCCC(F)(F)F)c(O)c1OC. The van der Waals surface area contributed by atoms with Crippen LogP contribution in [0.15, 0.2) is 0 Å². The number of phenols is 2. The maximum atomic E-state index is 12.0. The Hall–Kier alpha value is -1.79. The summed E-state index contributed by atoms with van der Waals surface area (Å²) in [7, 11) is 2.77. The average Bonchev–Trinajstić information content (AvgIpc) is 2.54. The first-order valence-corrected chi connectivity index (χ1v) is 8.45. The molecule has 0 atom stereocenters. The van der Waals surface area contributed by atoms with Crippen molar-refractivity contribution in [2.75, 3.05) is 14.2 Å². The monoisotopic (exact) mass is 364 g/mol. The van der Waals surface area contributed by atoms with Crippen LogP contribution in [-0.2, 0) is 6.42 Å². The van der Waals surface area contributed by atoms with E-state index in [1.165, 1.54) is 14.2 Å². The van der Waals surface area contributed by atoms with Crippen molar-refractivity contribution >= 4 is 0 Å². The molecular formula is C18H27F3O4. The van der Waals surface area contributed by atoms with Crippen LogP contribution in [-0.4, -0.2) is 30.6 Å². The Labute approximate surface area is 146 Å². The molecule has 2 N–H and O–H groups in total. The molecule has 25 heavy (non-hydrogen) atoms. The van der Waals surface area contributed by atoms with E-state index in [1.807, 2.05) is 0 Å². The molecule has 0 bridgehead atoms. The van der Waals surface area contributed by atoms with E-state index in [0.717, 1.165) is 25.7 Å². The zero-order valence-corrected chi connectivity index (χ0v) is 15.0. The van der Waals surface area contributed by atoms with Gasteiger partial charge in [0.25, 0.3) is 0 Å². The van der Waals surface area contributed by atoms with Gasteiger partial charge in [0, 0.05) is 17.5 Å². The van der Waals surface area contributed by atoms with Crippen molar-refractivity contribution in [3.63, 3.8) is 0 Å². The van der Waals surface area contributed by atoms with E-state index in [0.29, 0.717) is 24.0 Å². The highest BCUT2D eigenvalue weighted by Gasteiger charge is 2.25. The maximum absolute atomic E-state index is 12.0. The summed E-state index contributed by atoms with van der Waals surface area (Å²) in [5.74, 6) is 0.109. The van der Waals surface area contributed by atoms with Crippen LogP contribution in [0.3, 0.4) is 0 Å². The average molecular weight is 364 g/mol. The second-order valence-corrected chi connectivity index (χ2v) is 6.10. The summed E-state index contributed by atoms with van der Waals surface area (Å²) in [6.45, 7) is 1.70. The minimum absolute atomic E-state index is 0.0418. The van der Waals surface area contributed by atoms with Gasteiger partial charge in [-0.15, -0.1) is 0 Å². The van der Waals surface area contributed by atoms with Crippen molar-refractivity contribution < 1.29 is 32.9 Å². The number of hydrogen-bond acceptors (Lipinski definition) is 4. The molecule has 0 fully saturated rings. The molecule has 0 aromatic heterocycles. The first kappa shape index (κ1) is 21.3. The summed E-state index contributed by atoms with van der Waals surface area (Å²) in [6.07, 6.45) is -0.269. The third-order valence-electron chi connectivity index (χ3n) is 4.28. The van der Waals surface area contributed by atoms with E-state index in [2.05, 4.69) is 0 Å². The summed E-state index contributed by atoms with van der Waals surface area (Å²) in [6, 6.07) is 0. The molecule has 144 valence electrons. The lowest BCUT2D eigenvalue weighted by Gasteiger charge is -2.17. The molecule has 4 nitrogen and oxygen atoms in total. The van der Waals surface area contributed by atoms with Gasteiger partial charge in [-0.1, -0.05) is 25.7 Å². The highest BCUT2D eigenvalue weighted by atomic mass is 19.4. The number of unbranched alkanes of at least 4 members (excludes halogenated alkanes) is 5. The lowest BCUT2D eigenvalue weighted by Crippen LogP contribution is -2.06. The summed E-state index contributed by atoms with van der Waals surface area (Å²) in [5.41, 5.74) is 1.15. The topological polar surface area (TPSA) is 58.9 Å². The second kappa shape index (κ2) is 9.63. The van der Waals surface area contributed by atoms with Gasteiger partial charge in [-0.25, -0.2) is 0 Å². The number of alkyl halides is 3. The number of hydrogen-bond donors (Lipinski definition) is 2. The van der Waals surface area contributed by atoms with Gasteiger partial charge in [0.1, 0.15) is 0 Å². The molecule has 0 spiro atoms. The van der Waals surface area contributed by atoms with Gasteiger partial charge in [0.2, 0.25) is 11.5 Å². The highest BCUT2D eigenvalue weighted by molar-refractivity contribution is 5.65. The van der Waals surface area contributed by atoms with Crippen molar-refractivity contribution in [1.82, 2.24) is 0 Å². The van der Waals surface area contributed by atoms with E-state index >= 15 is 0 Å². The van der Waals surface area contributed by atoms with Crippen LogP contribution in [0.5, 0.6) is 23.0 Å². The van der Waals surface area contributed by atoms with Gasteiger partial charge < -0.3 is 19.7 Å². The Morgan fingerprint density at radius 1 is 0.800 bits per heavy atom. The van der Waals surface area contributed by atoms with Crippen LogP contribution in [0.2, 0.25) is 0 Å². The van der Waals surface area contributed by atoms with Gasteiger partial charge in [-0.3, -0.25) is 0 Å². The molecule has 1 aromatic rings. The molecule has 0 aliphatic rings. The molecule has 7 heteroatoms. The second-order valence-electron chi connectivity index (χ2n) is 6.10. The van der Waals surface area contributed by atoms with Crippen LogP contribution >= 0.6 is 0 Å². The molecule has 0 unspecified atom stereocenters. The summed E-state index contributed by atoms with van der Waals surface area (Å²) in [5, 5.41) is 20.5. The maximum Gasteiger partial charge on any atom is 0.389 e. The lowest BCUT2D eigenvalue weighted by molar-refractivity contribution is -0.135. The Bertz CT molecular complexity index is 556. The molecule has 1 rings (SSSR count). The number of phenolic OH excluding ortho intramolecular Hbond substituents is 2. The Morgan fingerprint density at radius 2 is 1.28 bits per heavy atom. The lowest BCUT2D eigenvalue weighted by atomic mass is 9.98. The van der Waals surface area contributed by atoms with Gasteiger partial charge >= 0.3 is 6.18 Å². The van der Waals surface area contributed by atoms with Crippen LogP contribution in [0.25, 0.3) is 0 Å². The zero-order chi connectivity index (χ0) is 19.0. The quantitative estimate of drug-likeness (QED) is 0.439. The van der Waals surface area contributed by atoms with Crippen molar-refractivity contribution in [3.8, 4) is 23.0 Å². The molecule has 0 amide bonds. The largest absolute Gasteiger partial charge is 0.504 e. The van der Waals surface area contributed by atoms with E-state index in [9.17, 15) is 23.4 Å². The number of rotatable bonds is 10. The van der Waals surface area contributed by atoms with E-state index < -0.39 is 12.6 Å². The van der Waals surface area contributed by atoms with Gasteiger partial charge in [-0.05, 0) is 26.2 Å². The molecule has 0 saturated heterocycles. The predicted molar refractivity (Wildman–Crippen MR) is 89.7 cm³/mol. The Balaban J connectivity index is 2.49. The number of aromatic hydroxyl groups is 2. The predicted octanol–water partition coefficient (Wildman–Crippen LogP) is 5.26.